The van der Waals surface area contributed by atoms with Crippen molar-refractivity contribution < 1.29 is 9.53 Å². The second-order valence-corrected chi connectivity index (χ2v) is 3.64. The van der Waals surface area contributed by atoms with Gasteiger partial charge < -0.3 is 4.74 Å². The molecular weight excluding hydrogens is 176 g/mol. The number of Topliss-reactive ketones (excluding diaryl/α,β-unsaturated/α-hetero) is 1. The minimum absolute atomic E-state index is 0.143. The van der Waals surface area contributed by atoms with Gasteiger partial charge in [-0.05, 0) is 18.4 Å². The van der Waals surface area contributed by atoms with Crippen LogP contribution < -0.4 is 0 Å². The van der Waals surface area contributed by atoms with Crippen LogP contribution in [0.5, 0.6) is 0 Å². The van der Waals surface area contributed by atoms with Crippen molar-refractivity contribution in [2.75, 3.05) is 0 Å². The second kappa shape index (κ2) is 4.38. The minimum atomic E-state index is -0.143. The van der Waals surface area contributed by atoms with Crippen molar-refractivity contribution in [3.05, 3.63) is 35.9 Å². The van der Waals surface area contributed by atoms with Crippen molar-refractivity contribution in [3.63, 3.8) is 0 Å². The van der Waals surface area contributed by atoms with Crippen LogP contribution >= 0.6 is 0 Å². The molecule has 2 nitrogen and oxygen atoms in total. The van der Waals surface area contributed by atoms with E-state index >= 15 is 0 Å². The van der Waals surface area contributed by atoms with Crippen molar-refractivity contribution in [1.82, 2.24) is 0 Å². The molecule has 0 aliphatic heterocycles. The lowest BCUT2D eigenvalue weighted by Gasteiger charge is -2.09. The van der Waals surface area contributed by atoms with Gasteiger partial charge in [-0.15, -0.1) is 0 Å². The zero-order valence-electron chi connectivity index (χ0n) is 8.11. The third kappa shape index (κ3) is 2.20. The highest BCUT2D eigenvalue weighted by molar-refractivity contribution is 5.84. The van der Waals surface area contributed by atoms with E-state index in [2.05, 4.69) is 0 Å². The highest BCUT2D eigenvalue weighted by Gasteiger charge is 2.24. The summed E-state index contributed by atoms with van der Waals surface area (Å²) in [6, 6.07) is 9.97. The number of benzene rings is 1. The predicted octanol–water partition coefficient (Wildman–Crippen LogP) is 2.32. The standard InChI is InChI=1S/C12H14O2/c13-11-7-4-8-12(11)14-9-10-5-2-1-3-6-10/h1-3,5-6,12H,4,7-9H2/t12-/m1/s1. The molecule has 14 heavy (non-hydrogen) atoms. The van der Waals surface area contributed by atoms with E-state index in [0.29, 0.717) is 13.0 Å². The molecule has 0 unspecified atom stereocenters. The summed E-state index contributed by atoms with van der Waals surface area (Å²) >= 11 is 0. The molecule has 1 saturated carbocycles. The Labute approximate surface area is 83.9 Å². The third-order valence-corrected chi connectivity index (χ3v) is 2.54. The molecule has 1 fully saturated rings. The summed E-state index contributed by atoms with van der Waals surface area (Å²) in [7, 11) is 0. The summed E-state index contributed by atoms with van der Waals surface area (Å²) < 4.78 is 5.55. The molecule has 2 rings (SSSR count). The number of carbonyl (C=O) groups excluding carboxylic acids is 1. The normalized spacial score (nSPS) is 21.4. The fraction of sp³-hybridized carbons (Fsp3) is 0.417. The van der Waals surface area contributed by atoms with E-state index in [4.69, 9.17) is 4.74 Å². The number of rotatable bonds is 3. The van der Waals surface area contributed by atoms with E-state index in [9.17, 15) is 4.79 Å². The molecular formula is C12H14O2. The summed E-state index contributed by atoms with van der Waals surface area (Å²) in [4.78, 5) is 11.3. The first-order valence-corrected chi connectivity index (χ1v) is 5.04. The molecule has 0 amide bonds. The molecule has 74 valence electrons. The maximum atomic E-state index is 11.3. The number of carbonyl (C=O) groups is 1. The van der Waals surface area contributed by atoms with Crippen molar-refractivity contribution in [1.29, 1.82) is 0 Å². The van der Waals surface area contributed by atoms with Crippen LogP contribution in [-0.4, -0.2) is 11.9 Å². The predicted molar refractivity (Wildman–Crippen MR) is 53.9 cm³/mol. The lowest BCUT2D eigenvalue weighted by atomic mass is 10.2. The molecule has 1 aromatic rings. The lowest BCUT2D eigenvalue weighted by Crippen LogP contribution is -2.17. The SMILES string of the molecule is O=C1CCC[C@H]1OCc1ccccc1. The van der Waals surface area contributed by atoms with Crippen LogP contribution in [0.4, 0.5) is 0 Å². The van der Waals surface area contributed by atoms with Crippen LogP contribution in [-0.2, 0) is 16.1 Å². The smallest absolute Gasteiger partial charge is 0.161 e. The first-order chi connectivity index (χ1) is 6.86. The van der Waals surface area contributed by atoms with Gasteiger partial charge in [0.15, 0.2) is 5.78 Å². The van der Waals surface area contributed by atoms with Gasteiger partial charge in [0.2, 0.25) is 0 Å². The first kappa shape index (κ1) is 9.41. The van der Waals surface area contributed by atoms with Gasteiger partial charge >= 0.3 is 0 Å². The monoisotopic (exact) mass is 190 g/mol. The van der Waals surface area contributed by atoms with Crippen molar-refractivity contribution in [2.45, 2.75) is 32.0 Å². The molecule has 0 bridgehead atoms. The van der Waals surface area contributed by atoms with Crippen molar-refractivity contribution in [2.24, 2.45) is 0 Å². The summed E-state index contributed by atoms with van der Waals surface area (Å²) in [6.07, 6.45) is 2.43. The molecule has 1 aromatic carbocycles. The lowest BCUT2D eigenvalue weighted by molar-refractivity contribution is -0.128. The Balaban J connectivity index is 1.85. The number of ether oxygens (including phenoxy) is 1. The summed E-state index contributed by atoms with van der Waals surface area (Å²) in [6.45, 7) is 0.553. The Kier molecular flexibility index (Phi) is 2.94. The van der Waals surface area contributed by atoms with Crippen LogP contribution in [0.25, 0.3) is 0 Å². The highest BCUT2D eigenvalue weighted by Crippen LogP contribution is 2.18. The van der Waals surface area contributed by atoms with Crippen LogP contribution in [0.1, 0.15) is 24.8 Å². The van der Waals surface area contributed by atoms with E-state index in [-0.39, 0.29) is 11.9 Å². The first-order valence-electron chi connectivity index (χ1n) is 5.04. The second-order valence-electron chi connectivity index (χ2n) is 3.64. The summed E-state index contributed by atoms with van der Waals surface area (Å²) in [5.41, 5.74) is 1.13. The van der Waals surface area contributed by atoms with Crippen LogP contribution in [0.15, 0.2) is 30.3 Å². The Morgan fingerprint density at radius 2 is 2.07 bits per heavy atom. The van der Waals surface area contributed by atoms with Crippen LogP contribution in [0.3, 0.4) is 0 Å². The van der Waals surface area contributed by atoms with Gasteiger partial charge in [-0.1, -0.05) is 30.3 Å². The van der Waals surface area contributed by atoms with E-state index in [1.807, 2.05) is 30.3 Å². The Bertz CT molecular complexity index is 305. The van der Waals surface area contributed by atoms with Gasteiger partial charge in [0.05, 0.1) is 6.61 Å². The fourth-order valence-electron chi connectivity index (χ4n) is 1.73. The Morgan fingerprint density at radius 1 is 1.29 bits per heavy atom. The molecule has 2 heteroatoms. The molecule has 0 N–H and O–H groups in total. The third-order valence-electron chi connectivity index (χ3n) is 2.54. The van der Waals surface area contributed by atoms with Crippen LogP contribution in [0, 0.1) is 0 Å². The van der Waals surface area contributed by atoms with Gasteiger partial charge in [0, 0.05) is 6.42 Å². The number of ketones is 1. The molecule has 0 radical (unpaired) electrons. The zero-order valence-corrected chi connectivity index (χ0v) is 8.11. The number of hydrogen-bond acceptors (Lipinski definition) is 2. The van der Waals surface area contributed by atoms with Crippen molar-refractivity contribution >= 4 is 5.78 Å². The topological polar surface area (TPSA) is 26.3 Å². The molecule has 1 atom stereocenters. The fourth-order valence-corrected chi connectivity index (χ4v) is 1.73. The van der Waals surface area contributed by atoms with Gasteiger partial charge in [-0.3, -0.25) is 4.79 Å². The van der Waals surface area contributed by atoms with E-state index in [1.165, 1.54) is 0 Å². The van der Waals surface area contributed by atoms with Gasteiger partial charge in [-0.25, -0.2) is 0 Å². The van der Waals surface area contributed by atoms with Crippen LogP contribution in [0.2, 0.25) is 0 Å². The molecule has 1 aliphatic rings. The van der Waals surface area contributed by atoms with Gasteiger partial charge in [0.1, 0.15) is 6.10 Å². The largest absolute Gasteiger partial charge is 0.366 e. The quantitative estimate of drug-likeness (QED) is 0.731. The van der Waals surface area contributed by atoms with E-state index < -0.39 is 0 Å². The van der Waals surface area contributed by atoms with Gasteiger partial charge in [-0.2, -0.15) is 0 Å². The zero-order chi connectivity index (χ0) is 9.80. The van der Waals surface area contributed by atoms with E-state index in [1.54, 1.807) is 0 Å². The summed E-state index contributed by atoms with van der Waals surface area (Å²) in [5, 5.41) is 0. The van der Waals surface area contributed by atoms with E-state index in [0.717, 1.165) is 18.4 Å². The number of hydrogen-bond donors (Lipinski definition) is 0. The average Bonchev–Trinajstić information content (AvgIpc) is 2.63. The molecule has 0 aromatic heterocycles. The maximum Gasteiger partial charge on any atom is 0.161 e. The van der Waals surface area contributed by atoms with Crippen molar-refractivity contribution in [3.8, 4) is 0 Å². The molecule has 0 spiro atoms. The molecule has 0 saturated heterocycles. The summed E-state index contributed by atoms with van der Waals surface area (Å²) in [5.74, 6) is 0.265. The maximum absolute atomic E-state index is 11.3. The average molecular weight is 190 g/mol. The minimum Gasteiger partial charge on any atom is -0.366 e. The Hall–Kier alpha value is -1.15. The highest BCUT2D eigenvalue weighted by atomic mass is 16.5. The van der Waals surface area contributed by atoms with Gasteiger partial charge in [0.25, 0.3) is 0 Å². The molecule has 0 heterocycles. The molecule has 1 aliphatic carbocycles. The Morgan fingerprint density at radius 3 is 2.71 bits per heavy atom.